The van der Waals surface area contributed by atoms with Crippen LogP contribution in [-0.4, -0.2) is 18.8 Å². The minimum atomic E-state index is 0.359. The Balaban J connectivity index is 2.11. The molecule has 0 heterocycles. The third kappa shape index (κ3) is 3.55. The van der Waals surface area contributed by atoms with Crippen LogP contribution < -0.4 is 5.73 Å². The summed E-state index contributed by atoms with van der Waals surface area (Å²) in [5.41, 5.74) is 5.45. The second kappa shape index (κ2) is 5.55. The van der Waals surface area contributed by atoms with Gasteiger partial charge in [-0.1, -0.05) is 19.3 Å². The van der Waals surface area contributed by atoms with Crippen LogP contribution in [0, 0.1) is 0 Å². The zero-order valence-corrected chi connectivity index (χ0v) is 8.09. The van der Waals surface area contributed by atoms with E-state index in [4.69, 9.17) is 10.5 Å². The Hall–Kier alpha value is -0.0800. The summed E-state index contributed by atoms with van der Waals surface area (Å²) in [4.78, 5) is 0. The van der Waals surface area contributed by atoms with Crippen molar-refractivity contribution in [1.82, 2.24) is 0 Å². The molecule has 0 saturated heterocycles. The number of ether oxygens (including phenoxy) is 1. The summed E-state index contributed by atoms with van der Waals surface area (Å²) in [6.07, 6.45) is 8.49. The first-order valence-corrected chi connectivity index (χ1v) is 5.18. The fourth-order valence-electron chi connectivity index (χ4n) is 1.83. The first kappa shape index (κ1) is 10.0. The quantitative estimate of drug-likeness (QED) is 0.702. The van der Waals surface area contributed by atoms with Crippen molar-refractivity contribution >= 4 is 0 Å². The molecule has 0 amide bonds. The van der Waals surface area contributed by atoms with E-state index in [1.807, 2.05) is 0 Å². The molecule has 2 N–H and O–H groups in total. The van der Waals surface area contributed by atoms with Crippen LogP contribution in [-0.2, 0) is 4.74 Å². The maximum absolute atomic E-state index is 5.85. The van der Waals surface area contributed by atoms with Crippen molar-refractivity contribution in [1.29, 1.82) is 0 Å². The highest BCUT2D eigenvalue weighted by Gasteiger charge is 2.15. The maximum Gasteiger partial charge on any atom is 0.0578 e. The van der Waals surface area contributed by atoms with Gasteiger partial charge in [-0.2, -0.15) is 0 Å². The standard InChI is InChI=1S/C10H21NO/c1-9(7-8-11)12-10-5-3-2-4-6-10/h9-10H,2-8,11H2,1H3. The normalized spacial score (nSPS) is 22.5. The lowest BCUT2D eigenvalue weighted by atomic mass is 9.97. The van der Waals surface area contributed by atoms with Gasteiger partial charge >= 0.3 is 0 Å². The lowest BCUT2D eigenvalue weighted by Crippen LogP contribution is -2.24. The summed E-state index contributed by atoms with van der Waals surface area (Å²) >= 11 is 0. The molecule has 0 radical (unpaired) electrons. The van der Waals surface area contributed by atoms with Crippen LogP contribution in [0.1, 0.15) is 45.4 Å². The van der Waals surface area contributed by atoms with Crippen molar-refractivity contribution in [3.8, 4) is 0 Å². The number of hydrogen-bond donors (Lipinski definition) is 1. The minimum Gasteiger partial charge on any atom is -0.375 e. The molecular formula is C10H21NO. The molecular weight excluding hydrogens is 150 g/mol. The SMILES string of the molecule is CC(CCN)OC1CCCCC1. The maximum atomic E-state index is 5.85. The molecule has 0 aromatic carbocycles. The summed E-state index contributed by atoms with van der Waals surface area (Å²) in [6.45, 7) is 2.87. The van der Waals surface area contributed by atoms with Crippen LogP contribution in [0.2, 0.25) is 0 Å². The topological polar surface area (TPSA) is 35.2 Å². The van der Waals surface area contributed by atoms with Crippen LogP contribution >= 0.6 is 0 Å². The highest BCUT2D eigenvalue weighted by atomic mass is 16.5. The van der Waals surface area contributed by atoms with E-state index in [-0.39, 0.29) is 0 Å². The molecule has 1 rings (SSSR count). The average Bonchev–Trinajstić information content (AvgIpc) is 2.06. The number of nitrogens with two attached hydrogens (primary N) is 1. The van der Waals surface area contributed by atoms with Crippen LogP contribution in [0.3, 0.4) is 0 Å². The van der Waals surface area contributed by atoms with Gasteiger partial charge in [-0.15, -0.1) is 0 Å². The Bertz CT molecular complexity index is 110. The molecule has 1 fully saturated rings. The lowest BCUT2D eigenvalue weighted by Gasteiger charge is -2.25. The summed E-state index contributed by atoms with van der Waals surface area (Å²) in [5, 5.41) is 0. The van der Waals surface area contributed by atoms with Crippen LogP contribution in [0.25, 0.3) is 0 Å². The third-order valence-electron chi connectivity index (χ3n) is 2.55. The van der Waals surface area contributed by atoms with Gasteiger partial charge in [0.1, 0.15) is 0 Å². The van der Waals surface area contributed by atoms with Gasteiger partial charge in [0.15, 0.2) is 0 Å². The Morgan fingerprint density at radius 2 is 2.00 bits per heavy atom. The van der Waals surface area contributed by atoms with Crippen LogP contribution in [0.15, 0.2) is 0 Å². The highest BCUT2D eigenvalue weighted by Crippen LogP contribution is 2.21. The van der Waals surface area contributed by atoms with Crippen LogP contribution in [0.5, 0.6) is 0 Å². The second-order valence-electron chi connectivity index (χ2n) is 3.78. The van der Waals surface area contributed by atoms with E-state index in [1.165, 1.54) is 32.1 Å². The summed E-state index contributed by atoms with van der Waals surface area (Å²) < 4.78 is 5.85. The van der Waals surface area contributed by atoms with Crippen molar-refractivity contribution in [2.45, 2.75) is 57.7 Å². The predicted molar refractivity (Wildman–Crippen MR) is 51.1 cm³/mol. The lowest BCUT2D eigenvalue weighted by molar-refractivity contribution is -0.0230. The monoisotopic (exact) mass is 171 g/mol. The van der Waals surface area contributed by atoms with Gasteiger partial charge in [0, 0.05) is 0 Å². The fraction of sp³-hybridized carbons (Fsp3) is 1.00. The Labute approximate surface area is 75.5 Å². The van der Waals surface area contributed by atoms with E-state index in [2.05, 4.69) is 6.92 Å². The zero-order valence-electron chi connectivity index (χ0n) is 8.09. The van der Waals surface area contributed by atoms with E-state index < -0.39 is 0 Å². The fourth-order valence-corrected chi connectivity index (χ4v) is 1.83. The average molecular weight is 171 g/mol. The van der Waals surface area contributed by atoms with Crippen molar-refractivity contribution in [3.63, 3.8) is 0 Å². The number of hydrogen-bond acceptors (Lipinski definition) is 2. The molecule has 1 aliphatic carbocycles. The zero-order chi connectivity index (χ0) is 8.81. The van der Waals surface area contributed by atoms with E-state index in [0.717, 1.165) is 13.0 Å². The van der Waals surface area contributed by atoms with Crippen molar-refractivity contribution in [2.24, 2.45) is 5.73 Å². The number of rotatable bonds is 4. The smallest absolute Gasteiger partial charge is 0.0578 e. The molecule has 2 nitrogen and oxygen atoms in total. The molecule has 2 heteroatoms. The van der Waals surface area contributed by atoms with E-state index in [1.54, 1.807) is 0 Å². The van der Waals surface area contributed by atoms with Crippen LogP contribution in [0.4, 0.5) is 0 Å². The molecule has 0 aromatic heterocycles. The van der Waals surface area contributed by atoms with E-state index in [0.29, 0.717) is 12.2 Å². The molecule has 0 spiro atoms. The van der Waals surface area contributed by atoms with Gasteiger partial charge in [0.25, 0.3) is 0 Å². The third-order valence-corrected chi connectivity index (χ3v) is 2.55. The van der Waals surface area contributed by atoms with Crippen molar-refractivity contribution in [2.75, 3.05) is 6.54 Å². The predicted octanol–water partition coefficient (Wildman–Crippen LogP) is 2.07. The first-order valence-electron chi connectivity index (χ1n) is 5.18. The van der Waals surface area contributed by atoms with Gasteiger partial charge in [-0.05, 0) is 32.7 Å². The minimum absolute atomic E-state index is 0.359. The molecule has 12 heavy (non-hydrogen) atoms. The molecule has 0 aromatic rings. The molecule has 0 aliphatic heterocycles. The van der Waals surface area contributed by atoms with Crippen molar-refractivity contribution < 1.29 is 4.74 Å². The molecule has 0 bridgehead atoms. The Kier molecular flexibility index (Phi) is 4.62. The van der Waals surface area contributed by atoms with Gasteiger partial charge < -0.3 is 10.5 Å². The first-order chi connectivity index (χ1) is 5.83. The second-order valence-corrected chi connectivity index (χ2v) is 3.78. The van der Waals surface area contributed by atoms with Gasteiger partial charge in [-0.3, -0.25) is 0 Å². The van der Waals surface area contributed by atoms with E-state index >= 15 is 0 Å². The van der Waals surface area contributed by atoms with Gasteiger partial charge in [-0.25, -0.2) is 0 Å². The van der Waals surface area contributed by atoms with Crippen molar-refractivity contribution in [3.05, 3.63) is 0 Å². The largest absolute Gasteiger partial charge is 0.375 e. The molecule has 1 aliphatic rings. The highest BCUT2D eigenvalue weighted by molar-refractivity contribution is 4.66. The van der Waals surface area contributed by atoms with Gasteiger partial charge in [0.2, 0.25) is 0 Å². The summed E-state index contributed by atoms with van der Waals surface area (Å²) in [7, 11) is 0. The molecule has 1 atom stereocenters. The Morgan fingerprint density at radius 1 is 1.33 bits per heavy atom. The molecule has 1 unspecified atom stereocenters. The molecule has 72 valence electrons. The Morgan fingerprint density at radius 3 is 2.58 bits per heavy atom. The summed E-state index contributed by atoms with van der Waals surface area (Å²) in [6, 6.07) is 0. The summed E-state index contributed by atoms with van der Waals surface area (Å²) in [5.74, 6) is 0. The molecule has 1 saturated carbocycles. The van der Waals surface area contributed by atoms with E-state index in [9.17, 15) is 0 Å². The van der Waals surface area contributed by atoms with Gasteiger partial charge in [0.05, 0.1) is 12.2 Å².